The monoisotopic (exact) mass is 243 g/mol. The first kappa shape index (κ1) is 13.2. The average Bonchev–Trinajstić information content (AvgIpc) is 2.40. The van der Waals surface area contributed by atoms with Gasteiger partial charge >= 0.3 is 0 Å². The lowest BCUT2D eigenvalue weighted by Crippen LogP contribution is -2.49. The Morgan fingerprint density at radius 2 is 1.18 bits per heavy atom. The van der Waals surface area contributed by atoms with E-state index < -0.39 is 0 Å². The summed E-state index contributed by atoms with van der Waals surface area (Å²) in [4.78, 5) is 7.36. The second kappa shape index (κ2) is 7.28. The van der Waals surface area contributed by atoms with Crippen molar-refractivity contribution in [2.24, 2.45) is 0 Å². The summed E-state index contributed by atoms with van der Waals surface area (Å²) in [6, 6.07) is 0. The van der Waals surface area contributed by atoms with Crippen LogP contribution in [0, 0.1) is 0 Å². The molecule has 0 spiro atoms. The number of rotatable bonds is 5. The summed E-state index contributed by atoms with van der Waals surface area (Å²) in [6.45, 7) is 11.9. The molecule has 0 saturated carbocycles. The Morgan fingerprint density at radius 3 is 1.71 bits per heavy atom. The Hall–Kier alpha value is -0.200. The maximum Gasteiger partial charge on any atom is 0.0594 e. The van der Waals surface area contributed by atoms with Crippen molar-refractivity contribution < 1.29 is 9.84 Å². The van der Waals surface area contributed by atoms with Gasteiger partial charge in [-0.25, -0.2) is 0 Å². The summed E-state index contributed by atoms with van der Waals surface area (Å²) in [7, 11) is 0. The third-order valence-electron chi connectivity index (χ3n) is 3.72. The minimum Gasteiger partial charge on any atom is -0.395 e. The highest BCUT2D eigenvalue weighted by Crippen LogP contribution is 2.02. The van der Waals surface area contributed by atoms with Crippen LogP contribution in [-0.4, -0.2) is 98.5 Å². The molecule has 0 aromatic carbocycles. The Labute approximate surface area is 104 Å². The minimum atomic E-state index is 0.285. The molecule has 2 saturated heterocycles. The number of nitrogens with zero attached hydrogens (tertiary/aromatic N) is 3. The molecule has 0 radical (unpaired) electrons. The van der Waals surface area contributed by atoms with Gasteiger partial charge in [0.25, 0.3) is 0 Å². The van der Waals surface area contributed by atoms with Gasteiger partial charge in [-0.3, -0.25) is 14.7 Å². The lowest BCUT2D eigenvalue weighted by Gasteiger charge is -2.36. The number of piperazine rings is 1. The number of aliphatic hydroxyl groups excluding tert-OH is 1. The smallest absolute Gasteiger partial charge is 0.0594 e. The number of aliphatic hydroxyl groups is 1. The van der Waals surface area contributed by atoms with Crippen molar-refractivity contribution >= 4 is 0 Å². The van der Waals surface area contributed by atoms with Crippen LogP contribution in [0.15, 0.2) is 0 Å². The normalized spacial score (nSPS) is 25.2. The Bertz CT molecular complexity index is 202. The molecule has 1 N–H and O–H groups in total. The molecule has 5 heteroatoms. The van der Waals surface area contributed by atoms with Gasteiger partial charge in [0.2, 0.25) is 0 Å². The molecule has 0 aromatic heterocycles. The van der Waals surface area contributed by atoms with Gasteiger partial charge in [-0.15, -0.1) is 0 Å². The van der Waals surface area contributed by atoms with E-state index in [0.29, 0.717) is 0 Å². The van der Waals surface area contributed by atoms with Crippen LogP contribution in [0.5, 0.6) is 0 Å². The Balaban J connectivity index is 1.57. The third kappa shape index (κ3) is 4.52. The lowest BCUT2D eigenvalue weighted by atomic mass is 10.3. The van der Waals surface area contributed by atoms with Crippen LogP contribution in [0.3, 0.4) is 0 Å². The van der Waals surface area contributed by atoms with Gasteiger partial charge in [-0.05, 0) is 0 Å². The highest BCUT2D eigenvalue weighted by molar-refractivity contribution is 4.73. The number of morpholine rings is 1. The van der Waals surface area contributed by atoms with Crippen molar-refractivity contribution in [1.82, 2.24) is 14.7 Å². The van der Waals surface area contributed by atoms with E-state index in [4.69, 9.17) is 9.84 Å². The third-order valence-corrected chi connectivity index (χ3v) is 3.72. The first-order chi connectivity index (χ1) is 8.38. The van der Waals surface area contributed by atoms with Gasteiger partial charge in [-0.2, -0.15) is 0 Å². The summed E-state index contributed by atoms with van der Waals surface area (Å²) in [5.41, 5.74) is 0. The maximum absolute atomic E-state index is 8.88. The van der Waals surface area contributed by atoms with Crippen molar-refractivity contribution in [3.63, 3.8) is 0 Å². The lowest BCUT2D eigenvalue weighted by molar-refractivity contribution is 0.0294. The fraction of sp³-hybridized carbons (Fsp3) is 1.00. The molecule has 2 aliphatic rings. The number of β-amino-alcohol motifs (C(OH)–C–C–N with tert-alkyl or cyclic N) is 1. The molecule has 2 aliphatic heterocycles. The highest BCUT2D eigenvalue weighted by atomic mass is 16.5. The van der Waals surface area contributed by atoms with E-state index in [2.05, 4.69) is 14.7 Å². The van der Waals surface area contributed by atoms with Crippen LogP contribution in [-0.2, 0) is 4.74 Å². The van der Waals surface area contributed by atoms with Crippen molar-refractivity contribution in [3.8, 4) is 0 Å². The van der Waals surface area contributed by atoms with Gasteiger partial charge < -0.3 is 9.84 Å². The summed E-state index contributed by atoms with van der Waals surface area (Å²) < 4.78 is 5.35. The van der Waals surface area contributed by atoms with Crippen LogP contribution < -0.4 is 0 Å². The maximum atomic E-state index is 8.88. The number of hydrogen-bond acceptors (Lipinski definition) is 5. The minimum absolute atomic E-state index is 0.285. The first-order valence-electron chi connectivity index (χ1n) is 6.74. The number of hydrogen-bond donors (Lipinski definition) is 1. The molecule has 0 aliphatic carbocycles. The molecule has 17 heavy (non-hydrogen) atoms. The van der Waals surface area contributed by atoms with Crippen molar-refractivity contribution in [2.45, 2.75) is 0 Å². The molecule has 0 aromatic rings. The zero-order valence-electron chi connectivity index (χ0n) is 10.7. The predicted molar refractivity (Wildman–Crippen MR) is 67.2 cm³/mol. The van der Waals surface area contributed by atoms with Crippen LogP contribution >= 0.6 is 0 Å². The summed E-state index contributed by atoms with van der Waals surface area (Å²) in [5.74, 6) is 0. The topological polar surface area (TPSA) is 39.2 Å². The fourth-order valence-electron chi connectivity index (χ4n) is 2.49. The molecule has 2 rings (SSSR count). The largest absolute Gasteiger partial charge is 0.395 e. The van der Waals surface area contributed by atoms with Crippen molar-refractivity contribution in [1.29, 1.82) is 0 Å². The van der Waals surface area contributed by atoms with Crippen molar-refractivity contribution in [2.75, 3.05) is 78.7 Å². The Kier molecular flexibility index (Phi) is 5.67. The van der Waals surface area contributed by atoms with E-state index >= 15 is 0 Å². The van der Waals surface area contributed by atoms with E-state index in [-0.39, 0.29) is 6.61 Å². The van der Waals surface area contributed by atoms with E-state index in [1.807, 2.05) is 0 Å². The van der Waals surface area contributed by atoms with Crippen LogP contribution in [0.4, 0.5) is 0 Å². The van der Waals surface area contributed by atoms with Crippen LogP contribution in [0.1, 0.15) is 0 Å². The zero-order chi connectivity index (χ0) is 11.9. The van der Waals surface area contributed by atoms with Crippen LogP contribution in [0.2, 0.25) is 0 Å². The molecular weight excluding hydrogens is 218 g/mol. The van der Waals surface area contributed by atoms with E-state index in [0.717, 1.165) is 59.0 Å². The molecule has 5 nitrogen and oxygen atoms in total. The van der Waals surface area contributed by atoms with Gasteiger partial charge in [-0.1, -0.05) is 0 Å². The molecule has 100 valence electrons. The SMILES string of the molecule is OCCN1CCN(CCN2CCOCC2)CC1. The van der Waals surface area contributed by atoms with E-state index in [1.165, 1.54) is 13.1 Å². The summed E-state index contributed by atoms with van der Waals surface area (Å²) >= 11 is 0. The second-order valence-electron chi connectivity index (χ2n) is 4.86. The van der Waals surface area contributed by atoms with Gasteiger partial charge in [0.1, 0.15) is 0 Å². The van der Waals surface area contributed by atoms with Gasteiger partial charge in [0, 0.05) is 58.9 Å². The van der Waals surface area contributed by atoms with Crippen LogP contribution in [0.25, 0.3) is 0 Å². The molecule has 2 heterocycles. The average molecular weight is 243 g/mol. The van der Waals surface area contributed by atoms with E-state index in [9.17, 15) is 0 Å². The Morgan fingerprint density at radius 1 is 0.706 bits per heavy atom. The molecular formula is C12H25N3O2. The van der Waals surface area contributed by atoms with E-state index in [1.54, 1.807) is 0 Å². The molecule has 2 fully saturated rings. The standard InChI is InChI=1S/C12H25N3O2/c16-10-7-14-4-1-13(2-5-14)3-6-15-8-11-17-12-9-15/h16H,1-12H2. The van der Waals surface area contributed by atoms with Gasteiger partial charge in [0.15, 0.2) is 0 Å². The second-order valence-corrected chi connectivity index (χ2v) is 4.86. The summed E-state index contributed by atoms with van der Waals surface area (Å²) in [5, 5.41) is 8.88. The first-order valence-corrected chi connectivity index (χ1v) is 6.74. The predicted octanol–water partition coefficient (Wildman–Crippen LogP) is -1.07. The van der Waals surface area contributed by atoms with Gasteiger partial charge in [0.05, 0.1) is 19.8 Å². The molecule has 0 amide bonds. The summed E-state index contributed by atoms with van der Waals surface area (Å²) in [6.07, 6.45) is 0. The van der Waals surface area contributed by atoms with Crippen molar-refractivity contribution in [3.05, 3.63) is 0 Å². The fourth-order valence-corrected chi connectivity index (χ4v) is 2.49. The molecule has 0 unspecified atom stereocenters. The zero-order valence-corrected chi connectivity index (χ0v) is 10.7. The highest BCUT2D eigenvalue weighted by Gasteiger charge is 2.17. The molecule has 0 bridgehead atoms. The quantitative estimate of drug-likeness (QED) is 0.666. The molecule has 0 atom stereocenters. The number of ether oxygens (including phenoxy) is 1.